The predicted octanol–water partition coefficient (Wildman–Crippen LogP) is 1.72. The van der Waals surface area contributed by atoms with Crippen LogP contribution in [0.1, 0.15) is 13.3 Å². The van der Waals surface area contributed by atoms with E-state index >= 15 is 0 Å². The van der Waals surface area contributed by atoms with Gasteiger partial charge >= 0.3 is 50.2 Å². The molecule has 0 radical (unpaired) electrons. The first-order chi connectivity index (χ1) is 2.91. The summed E-state index contributed by atoms with van der Waals surface area (Å²) in [6.45, 7) is 2.19. The van der Waals surface area contributed by atoms with Crippen LogP contribution in [0.4, 0.5) is 0 Å². The van der Waals surface area contributed by atoms with Gasteiger partial charge in [0.25, 0.3) is 0 Å². The van der Waals surface area contributed by atoms with Crippen LogP contribution in [0.2, 0.25) is 5.28 Å². The van der Waals surface area contributed by atoms with Crippen LogP contribution in [0, 0.1) is 0 Å². The number of hydrogen-bond acceptors (Lipinski definition) is 0. The SMILES string of the molecule is CC[CH2][Al+][CH2]Cl. The summed E-state index contributed by atoms with van der Waals surface area (Å²) in [6, 6.07) is 0. The molecule has 0 saturated carbocycles. The molecule has 0 N–H and O–H groups in total. The summed E-state index contributed by atoms with van der Waals surface area (Å²) in [7, 11) is 0. The van der Waals surface area contributed by atoms with Gasteiger partial charge in [-0.1, -0.05) is 0 Å². The average molecular weight is 120 g/mol. The van der Waals surface area contributed by atoms with Crippen molar-refractivity contribution in [2.75, 3.05) is 4.74 Å². The van der Waals surface area contributed by atoms with Crippen molar-refractivity contribution in [2.45, 2.75) is 18.6 Å². The molecule has 0 aliphatic heterocycles. The summed E-state index contributed by atoms with van der Waals surface area (Å²) in [5.41, 5.74) is 0. The van der Waals surface area contributed by atoms with Crippen LogP contribution in [-0.4, -0.2) is 20.0 Å². The molecule has 0 amide bonds. The Morgan fingerprint density at radius 2 is 2.33 bits per heavy atom. The van der Waals surface area contributed by atoms with E-state index in [1.807, 2.05) is 0 Å². The standard InChI is InChI=1S/C3H7.CH2Cl.Al/c1-3-2;1-2;/h1,3H2,2H3;1H2;/q;;+1. The van der Waals surface area contributed by atoms with Crippen LogP contribution in [0.5, 0.6) is 0 Å². The van der Waals surface area contributed by atoms with E-state index in [9.17, 15) is 0 Å². The van der Waals surface area contributed by atoms with Crippen molar-refractivity contribution in [2.24, 2.45) is 0 Å². The molecule has 0 fully saturated rings. The molecule has 0 aromatic rings. The van der Waals surface area contributed by atoms with Crippen molar-refractivity contribution in [3.8, 4) is 0 Å². The van der Waals surface area contributed by atoms with E-state index < -0.39 is 0 Å². The Hall–Kier alpha value is 0.822. The average Bonchev–Trinajstić information content (AvgIpc) is 1.61. The third-order valence-electron chi connectivity index (χ3n) is 0.602. The monoisotopic (exact) mass is 119 g/mol. The molecule has 0 spiro atoms. The molecule has 0 atom stereocenters. The molecule has 0 saturated heterocycles. The van der Waals surface area contributed by atoms with Gasteiger partial charge in [0.2, 0.25) is 0 Å². The Bertz CT molecular complexity index is 19.5. The van der Waals surface area contributed by atoms with Gasteiger partial charge in [-0.15, -0.1) is 0 Å². The van der Waals surface area contributed by atoms with E-state index in [0.717, 1.165) is 4.74 Å². The molecular weight excluding hydrogens is 110 g/mol. The molecule has 2 heteroatoms. The number of rotatable bonds is 3. The maximum atomic E-state index is 5.42. The molecule has 0 aromatic carbocycles. The number of halogens is 1. The van der Waals surface area contributed by atoms with E-state index in [0.29, 0.717) is 15.2 Å². The van der Waals surface area contributed by atoms with Gasteiger partial charge in [-0.2, -0.15) is 0 Å². The minimum atomic E-state index is 0.584. The molecule has 0 aromatic heterocycles. The van der Waals surface area contributed by atoms with Gasteiger partial charge in [0, 0.05) is 0 Å². The number of alkyl halides is 1. The Balaban J connectivity index is 2.34. The van der Waals surface area contributed by atoms with Gasteiger partial charge in [-0.3, -0.25) is 0 Å². The Labute approximate surface area is 50.6 Å². The first-order valence-corrected chi connectivity index (χ1v) is 4.46. The van der Waals surface area contributed by atoms with Crippen LogP contribution in [0.15, 0.2) is 0 Å². The third-order valence-corrected chi connectivity index (χ3v) is 2.46. The molecule has 0 heterocycles. The third kappa shape index (κ3) is 4.82. The summed E-state index contributed by atoms with van der Waals surface area (Å²) >= 11 is 6.00. The Kier molecular flexibility index (Phi) is 6.62. The first-order valence-electron chi connectivity index (χ1n) is 2.29. The summed E-state index contributed by atoms with van der Waals surface area (Å²) in [4.78, 5) is 0. The van der Waals surface area contributed by atoms with E-state index in [2.05, 4.69) is 6.92 Å². The predicted molar refractivity (Wildman–Crippen MR) is 31.6 cm³/mol. The zero-order valence-electron chi connectivity index (χ0n) is 4.08. The van der Waals surface area contributed by atoms with Gasteiger partial charge in [0.05, 0.1) is 0 Å². The molecule has 0 nitrogen and oxygen atoms in total. The van der Waals surface area contributed by atoms with E-state index in [1.165, 1.54) is 11.7 Å². The first kappa shape index (κ1) is 6.82. The van der Waals surface area contributed by atoms with Crippen LogP contribution < -0.4 is 0 Å². The second-order valence-electron chi connectivity index (χ2n) is 1.23. The fraction of sp³-hybridized carbons (Fsp3) is 1.00. The summed E-state index contributed by atoms with van der Waals surface area (Å²) in [6.07, 6.45) is 1.31. The fourth-order valence-corrected chi connectivity index (χ4v) is 1.31. The van der Waals surface area contributed by atoms with Gasteiger partial charge in [0.1, 0.15) is 0 Å². The van der Waals surface area contributed by atoms with Crippen LogP contribution in [0.3, 0.4) is 0 Å². The van der Waals surface area contributed by atoms with E-state index in [1.54, 1.807) is 0 Å². The normalized spacial score (nSPS) is 7.67. The molecule has 0 unspecified atom stereocenters. The van der Waals surface area contributed by atoms with Crippen molar-refractivity contribution in [1.82, 2.24) is 0 Å². The van der Waals surface area contributed by atoms with E-state index in [4.69, 9.17) is 11.6 Å². The summed E-state index contributed by atoms with van der Waals surface area (Å²) < 4.78 is 0.911. The molecule has 34 valence electrons. The maximum absolute atomic E-state index is 5.42. The Morgan fingerprint density at radius 1 is 1.67 bits per heavy atom. The van der Waals surface area contributed by atoms with Gasteiger partial charge in [0.15, 0.2) is 0 Å². The zero-order chi connectivity index (χ0) is 4.83. The van der Waals surface area contributed by atoms with Crippen molar-refractivity contribution in [3.63, 3.8) is 0 Å². The quantitative estimate of drug-likeness (QED) is 0.302. The molecular formula is C4H9AlCl+. The summed E-state index contributed by atoms with van der Waals surface area (Å²) in [5.74, 6) is 0. The molecule has 6 heavy (non-hydrogen) atoms. The number of hydrogen-bond donors (Lipinski definition) is 0. The second kappa shape index (κ2) is 5.82. The summed E-state index contributed by atoms with van der Waals surface area (Å²) in [5, 5.41) is 1.36. The van der Waals surface area contributed by atoms with Crippen molar-refractivity contribution in [3.05, 3.63) is 0 Å². The zero-order valence-corrected chi connectivity index (χ0v) is 5.99. The molecule has 0 bridgehead atoms. The Morgan fingerprint density at radius 3 is 2.50 bits per heavy atom. The van der Waals surface area contributed by atoms with Gasteiger partial charge in [-0.25, -0.2) is 0 Å². The van der Waals surface area contributed by atoms with Crippen LogP contribution >= 0.6 is 11.6 Å². The van der Waals surface area contributed by atoms with Crippen molar-refractivity contribution >= 4 is 26.8 Å². The second-order valence-corrected chi connectivity index (χ2v) is 3.62. The van der Waals surface area contributed by atoms with Gasteiger partial charge < -0.3 is 0 Å². The topological polar surface area (TPSA) is 0 Å². The van der Waals surface area contributed by atoms with Crippen molar-refractivity contribution < 1.29 is 0 Å². The van der Waals surface area contributed by atoms with Gasteiger partial charge in [-0.05, 0) is 0 Å². The van der Waals surface area contributed by atoms with Crippen LogP contribution in [0.25, 0.3) is 0 Å². The van der Waals surface area contributed by atoms with Crippen LogP contribution in [-0.2, 0) is 0 Å². The molecule has 0 aliphatic carbocycles. The van der Waals surface area contributed by atoms with Crippen molar-refractivity contribution in [1.29, 1.82) is 0 Å². The molecule has 0 rings (SSSR count). The molecule has 0 aliphatic rings. The van der Waals surface area contributed by atoms with E-state index in [-0.39, 0.29) is 0 Å². The minimum absolute atomic E-state index is 0.584. The fourth-order valence-electron chi connectivity index (χ4n) is 0.281.